The van der Waals surface area contributed by atoms with Gasteiger partial charge in [0, 0.05) is 34.3 Å². The van der Waals surface area contributed by atoms with Crippen LogP contribution >= 0.6 is 0 Å². The number of fused-ring (bicyclic) bond motifs is 2. The zero-order valence-corrected chi connectivity index (χ0v) is 28.1. The maximum absolute atomic E-state index is 12.9. The number of amides is 4. The first kappa shape index (κ1) is 35.8. The fourth-order valence-electron chi connectivity index (χ4n) is 5.92. The zero-order valence-electron chi connectivity index (χ0n) is 26.5. The average Bonchev–Trinajstić information content (AvgIpc) is 3.10. The van der Waals surface area contributed by atoms with Crippen LogP contribution in [0.4, 0.5) is 16.2 Å². The molecule has 4 aliphatic rings. The minimum absolute atomic E-state index is 0.100. The van der Waals surface area contributed by atoms with Gasteiger partial charge in [0.2, 0.25) is 0 Å². The van der Waals surface area contributed by atoms with Crippen molar-refractivity contribution in [1.29, 1.82) is 0 Å². The summed E-state index contributed by atoms with van der Waals surface area (Å²) in [4.78, 5) is 71.2. The third kappa shape index (κ3) is 7.52. The van der Waals surface area contributed by atoms with Crippen LogP contribution in [0.1, 0.15) is 20.7 Å². The minimum Gasteiger partial charge on any atom is -0.308 e. The van der Waals surface area contributed by atoms with E-state index in [4.69, 9.17) is 0 Å². The second-order valence-corrected chi connectivity index (χ2v) is 14.6. The molecular formula is C35H26N4O11S2. The lowest BCUT2D eigenvalue weighted by Gasteiger charge is -2.27. The number of ketones is 2. The van der Waals surface area contributed by atoms with E-state index in [0.29, 0.717) is 11.4 Å². The van der Waals surface area contributed by atoms with Crippen LogP contribution < -0.4 is 10.6 Å². The molecule has 0 saturated carbocycles. The Balaban J connectivity index is 1.05. The van der Waals surface area contributed by atoms with E-state index in [1.807, 2.05) is 0 Å². The first-order chi connectivity index (χ1) is 24.6. The van der Waals surface area contributed by atoms with Gasteiger partial charge < -0.3 is 10.6 Å². The average molecular weight is 743 g/mol. The van der Waals surface area contributed by atoms with Gasteiger partial charge >= 0.3 is 6.03 Å². The Morgan fingerprint density at radius 2 is 0.923 bits per heavy atom. The molecule has 17 heteroatoms. The lowest BCUT2D eigenvalue weighted by molar-refractivity contribution is -0.116. The van der Waals surface area contributed by atoms with Crippen molar-refractivity contribution in [3.05, 3.63) is 130 Å². The number of anilines is 2. The van der Waals surface area contributed by atoms with E-state index in [1.54, 1.807) is 0 Å². The van der Waals surface area contributed by atoms with Gasteiger partial charge in [0.15, 0.2) is 11.6 Å². The molecule has 0 heterocycles. The van der Waals surface area contributed by atoms with Crippen molar-refractivity contribution in [2.75, 3.05) is 10.6 Å². The summed E-state index contributed by atoms with van der Waals surface area (Å²) in [6.45, 7) is 0. The lowest BCUT2D eigenvalue weighted by Crippen LogP contribution is -2.35. The van der Waals surface area contributed by atoms with E-state index in [9.17, 15) is 49.9 Å². The summed E-state index contributed by atoms with van der Waals surface area (Å²) in [5.74, 6) is -6.42. The molecule has 0 radical (unpaired) electrons. The van der Waals surface area contributed by atoms with E-state index < -0.39 is 73.3 Å². The Hall–Kier alpha value is -6.01. The Bertz CT molecular complexity index is 2230. The number of carbonyl (C=O) groups is 5. The maximum Gasteiger partial charge on any atom is 0.323 e. The smallest absolute Gasteiger partial charge is 0.308 e. The molecular weight excluding hydrogens is 717 g/mol. The van der Waals surface area contributed by atoms with E-state index in [-0.39, 0.29) is 32.4 Å². The fraction of sp³-hybridized carbons (Fsp3) is 0.114. The minimum atomic E-state index is -4.53. The van der Waals surface area contributed by atoms with E-state index >= 15 is 0 Å². The van der Waals surface area contributed by atoms with Crippen LogP contribution in [0.2, 0.25) is 0 Å². The first-order valence-electron chi connectivity index (χ1n) is 15.3. The number of hydrogen-bond donors (Lipinski definition) is 4. The quantitative estimate of drug-likeness (QED) is 0.309. The molecule has 6 rings (SSSR count). The van der Waals surface area contributed by atoms with Gasteiger partial charge in [-0.3, -0.25) is 28.3 Å². The predicted molar refractivity (Wildman–Crippen MR) is 189 cm³/mol. The van der Waals surface area contributed by atoms with Crippen LogP contribution in [-0.2, 0) is 29.8 Å². The zero-order chi connectivity index (χ0) is 37.4. The van der Waals surface area contributed by atoms with Crippen molar-refractivity contribution in [1.82, 2.24) is 0 Å². The van der Waals surface area contributed by atoms with Gasteiger partial charge in [0.25, 0.3) is 32.1 Å². The van der Waals surface area contributed by atoms with Crippen molar-refractivity contribution < 1.29 is 49.9 Å². The Kier molecular flexibility index (Phi) is 9.61. The Morgan fingerprint density at radius 1 is 0.558 bits per heavy atom. The topological polar surface area (TPSA) is 243 Å². The first-order valence-corrected chi connectivity index (χ1v) is 18.2. The molecule has 2 aromatic rings. The van der Waals surface area contributed by atoms with Crippen LogP contribution in [0.15, 0.2) is 129 Å². The number of nitrogens with one attached hydrogen (secondary N) is 2. The van der Waals surface area contributed by atoms with Crippen molar-refractivity contribution in [3.8, 4) is 0 Å². The molecule has 4 aliphatic carbocycles. The molecule has 0 aromatic heterocycles. The molecule has 52 heavy (non-hydrogen) atoms. The largest absolute Gasteiger partial charge is 0.323 e. The van der Waals surface area contributed by atoms with Crippen molar-refractivity contribution in [2.24, 2.45) is 33.7 Å². The number of nitrogens with zero attached hydrogens (tertiary/aromatic N) is 2. The number of aliphatic imine (C=N–C) groups is 2. The lowest BCUT2D eigenvalue weighted by atomic mass is 9.79. The molecule has 0 aliphatic heterocycles. The van der Waals surface area contributed by atoms with Gasteiger partial charge in [0.05, 0.1) is 21.6 Å². The standard InChI is InChI=1S/C35H26N4O11S2/c40-31-25-3-1-5-29(51(45,46)47)23(25)15-17-27(31)38-33(42)19-7-11-21(12-8-19)36-35(44)37-22-13-9-20(10-14-22)34(43)39-28-18-16-24-26(32(28)41)4-2-6-30(24)52(48,49)50/h1-18,23-26H,(H2,36,37,44)(H,45,46,47)(H,48,49,50). The van der Waals surface area contributed by atoms with Gasteiger partial charge in [0.1, 0.15) is 11.4 Å². The number of allylic oxidation sites excluding steroid dienone is 12. The van der Waals surface area contributed by atoms with E-state index in [0.717, 1.165) is 0 Å². The SMILES string of the molecule is O=C(Nc1ccc(C(=O)N=C2C=CC3C(S(=O)(=O)O)=CC=CC3C2=O)cc1)Nc1ccc(C(=O)N=C2C=CC3C(S(=O)(=O)O)=CC=CC3C2=O)cc1. The molecule has 2 aromatic carbocycles. The maximum atomic E-state index is 12.9. The molecule has 0 bridgehead atoms. The summed E-state index contributed by atoms with van der Waals surface area (Å²) in [7, 11) is -9.07. The van der Waals surface area contributed by atoms with Crippen molar-refractivity contribution in [3.63, 3.8) is 0 Å². The summed E-state index contributed by atoms with van der Waals surface area (Å²) in [6.07, 6.45) is 13.3. The summed E-state index contributed by atoms with van der Waals surface area (Å²) >= 11 is 0. The highest BCUT2D eigenvalue weighted by Gasteiger charge is 2.39. The van der Waals surface area contributed by atoms with Crippen LogP contribution in [0, 0.1) is 23.7 Å². The van der Waals surface area contributed by atoms with Crippen LogP contribution in [0.25, 0.3) is 0 Å². The number of hydrogen-bond acceptors (Lipinski definition) is 9. The Morgan fingerprint density at radius 3 is 1.27 bits per heavy atom. The number of rotatable bonds is 6. The van der Waals surface area contributed by atoms with Gasteiger partial charge in [-0.2, -0.15) is 16.8 Å². The summed E-state index contributed by atoms with van der Waals surface area (Å²) in [5, 5.41) is 5.16. The number of Topliss-reactive ketones (excluding diaryl/α,β-unsaturated/α-hetero) is 2. The molecule has 4 atom stereocenters. The van der Waals surface area contributed by atoms with Gasteiger partial charge in [-0.15, -0.1) is 0 Å². The summed E-state index contributed by atoms with van der Waals surface area (Å²) in [6, 6.07) is 10.6. The van der Waals surface area contributed by atoms with Gasteiger partial charge in [-0.05, 0) is 72.8 Å². The molecule has 4 N–H and O–H groups in total. The highest BCUT2D eigenvalue weighted by Crippen LogP contribution is 2.35. The molecule has 4 amide bonds. The van der Waals surface area contributed by atoms with Gasteiger partial charge in [-0.1, -0.05) is 36.5 Å². The molecule has 0 fully saturated rings. The highest BCUT2D eigenvalue weighted by molar-refractivity contribution is 7.90. The molecule has 0 spiro atoms. The fourth-order valence-corrected chi connectivity index (χ4v) is 7.55. The van der Waals surface area contributed by atoms with Crippen molar-refractivity contribution in [2.45, 2.75) is 0 Å². The monoisotopic (exact) mass is 742 g/mol. The van der Waals surface area contributed by atoms with E-state index in [2.05, 4.69) is 20.6 Å². The van der Waals surface area contributed by atoms with Gasteiger partial charge in [-0.25, -0.2) is 14.8 Å². The molecule has 264 valence electrons. The number of carbonyl (C=O) groups excluding carboxylic acids is 5. The number of benzene rings is 2. The van der Waals surface area contributed by atoms with Crippen LogP contribution in [0.3, 0.4) is 0 Å². The van der Waals surface area contributed by atoms with Crippen LogP contribution in [0.5, 0.6) is 0 Å². The third-order valence-electron chi connectivity index (χ3n) is 8.44. The van der Waals surface area contributed by atoms with Crippen LogP contribution in [-0.4, -0.2) is 66.8 Å². The molecule has 15 nitrogen and oxygen atoms in total. The van der Waals surface area contributed by atoms with Crippen molar-refractivity contribution >= 4 is 72.4 Å². The summed E-state index contributed by atoms with van der Waals surface area (Å²) in [5.41, 5.74) is 0.442. The second kappa shape index (κ2) is 14.0. The molecule has 4 unspecified atom stereocenters. The second-order valence-electron chi connectivity index (χ2n) is 11.7. The predicted octanol–water partition coefficient (Wildman–Crippen LogP) is 3.92. The third-order valence-corrected chi connectivity index (χ3v) is 10.4. The van der Waals surface area contributed by atoms with E-state index in [1.165, 1.54) is 109 Å². The molecule has 0 saturated heterocycles. The normalized spacial score (nSPS) is 23.8. The number of urea groups is 1. The summed E-state index contributed by atoms with van der Waals surface area (Å²) < 4.78 is 65.7. The highest BCUT2D eigenvalue weighted by atomic mass is 32.2. The Labute approximate surface area is 296 Å².